The Bertz CT molecular complexity index is 952. The number of phenolic OH excluding ortho intramolecular Hbond substituents is 1. The van der Waals surface area contributed by atoms with E-state index in [1.807, 2.05) is 12.1 Å². The first-order valence-electron chi connectivity index (χ1n) is 10.8. The second kappa shape index (κ2) is 11.9. The van der Waals surface area contributed by atoms with Gasteiger partial charge in [0.25, 0.3) is 0 Å². The molecular formula is C24H32N2O3S. The predicted octanol–water partition coefficient (Wildman–Crippen LogP) is 4.49. The quantitative estimate of drug-likeness (QED) is 0.351. The SMILES string of the molecule is C[C@H](CCCCOCCc1ccccc1)CNCCc1ccc(O)c2[nH]c(=O)sc12. The summed E-state index contributed by atoms with van der Waals surface area (Å²) >= 11 is 1.16. The summed E-state index contributed by atoms with van der Waals surface area (Å²) in [5.41, 5.74) is 2.98. The van der Waals surface area contributed by atoms with Crippen molar-refractivity contribution in [3.8, 4) is 5.75 Å². The molecule has 162 valence electrons. The summed E-state index contributed by atoms with van der Waals surface area (Å²) in [6.45, 7) is 5.75. The number of phenols is 1. The molecule has 0 saturated heterocycles. The minimum Gasteiger partial charge on any atom is -0.506 e. The van der Waals surface area contributed by atoms with Gasteiger partial charge in [0.1, 0.15) is 11.3 Å². The maximum Gasteiger partial charge on any atom is 0.305 e. The van der Waals surface area contributed by atoms with Crippen molar-refractivity contribution in [2.75, 3.05) is 26.3 Å². The molecule has 1 atom stereocenters. The van der Waals surface area contributed by atoms with Crippen molar-refractivity contribution in [2.24, 2.45) is 5.92 Å². The molecular weight excluding hydrogens is 396 g/mol. The molecule has 0 saturated carbocycles. The number of unbranched alkanes of at least 4 members (excludes halogenated alkanes) is 1. The lowest BCUT2D eigenvalue weighted by Gasteiger charge is -2.13. The van der Waals surface area contributed by atoms with Crippen LogP contribution < -0.4 is 10.2 Å². The molecule has 3 aromatic rings. The van der Waals surface area contributed by atoms with Crippen molar-refractivity contribution in [3.05, 3.63) is 63.3 Å². The van der Waals surface area contributed by atoms with Gasteiger partial charge in [0.2, 0.25) is 0 Å². The van der Waals surface area contributed by atoms with Crippen molar-refractivity contribution < 1.29 is 9.84 Å². The Labute approximate surface area is 182 Å². The minimum atomic E-state index is -0.127. The molecule has 3 rings (SSSR count). The Morgan fingerprint density at radius 3 is 2.77 bits per heavy atom. The van der Waals surface area contributed by atoms with Gasteiger partial charge in [0.15, 0.2) is 0 Å². The lowest BCUT2D eigenvalue weighted by molar-refractivity contribution is 0.132. The number of thiazole rings is 1. The molecule has 0 aliphatic carbocycles. The number of aromatic amines is 1. The van der Waals surface area contributed by atoms with Crippen molar-refractivity contribution in [3.63, 3.8) is 0 Å². The van der Waals surface area contributed by atoms with E-state index in [4.69, 9.17) is 4.74 Å². The molecule has 0 bridgehead atoms. The van der Waals surface area contributed by atoms with Crippen molar-refractivity contribution in [1.29, 1.82) is 0 Å². The highest BCUT2D eigenvalue weighted by atomic mass is 32.1. The zero-order chi connectivity index (χ0) is 21.2. The molecule has 0 radical (unpaired) electrons. The van der Waals surface area contributed by atoms with Crippen LogP contribution in [0.15, 0.2) is 47.3 Å². The third-order valence-corrected chi connectivity index (χ3v) is 6.27. The van der Waals surface area contributed by atoms with Crippen LogP contribution in [0, 0.1) is 5.92 Å². The van der Waals surface area contributed by atoms with E-state index in [0.717, 1.165) is 67.2 Å². The largest absolute Gasteiger partial charge is 0.506 e. The number of fused-ring (bicyclic) bond motifs is 1. The molecule has 0 amide bonds. The molecule has 1 aromatic heterocycles. The average Bonchev–Trinajstić information content (AvgIpc) is 3.15. The zero-order valence-electron chi connectivity index (χ0n) is 17.7. The Morgan fingerprint density at radius 2 is 1.93 bits per heavy atom. The fourth-order valence-electron chi connectivity index (χ4n) is 3.58. The van der Waals surface area contributed by atoms with E-state index in [1.165, 1.54) is 18.4 Å². The zero-order valence-corrected chi connectivity index (χ0v) is 18.5. The smallest absolute Gasteiger partial charge is 0.305 e. The number of hydrogen-bond acceptors (Lipinski definition) is 5. The van der Waals surface area contributed by atoms with E-state index in [9.17, 15) is 9.90 Å². The van der Waals surface area contributed by atoms with Gasteiger partial charge in [-0.05, 0) is 61.9 Å². The van der Waals surface area contributed by atoms with E-state index in [2.05, 4.69) is 41.5 Å². The number of aromatic hydroxyl groups is 1. The van der Waals surface area contributed by atoms with Crippen molar-refractivity contribution in [2.45, 2.75) is 39.0 Å². The van der Waals surface area contributed by atoms with Crippen LogP contribution >= 0.6 is 11.3 Å². The van der Waals surface area contributed by atoms with Crippen LogP contribution in [0.1, 0.15) is 37.3 Å². The van der Waals surface area contributed by atoms with Crippen molar-refractivity contribution >= 4 is 21.6 Å². The minimum absolute atomic E-state index is 0.127. The molecule has 0 aliphatic heterocycles. The molecule has 0 spiro atoms. The Balaban J connectivity index is 1.24. The maximum atomic E-state index is 11.6. The lowest BCUT2D eigenvalue weighted by atomic mass is 10.0. The van der Waals surface area contributed by atoms with Crippen molar-refractivity contribution in [1.82, 2.24) is 10.3 Å². The highest BCUT2D eigenvalue weighted by molar-refractivity contribution is 7.16. The Kier molecular flexibility index (Phi) is 8.93. The standard InChI is InChI=1S/C24H32N2O3S/c1-18(7-5-6-15-29-16-13-19-8-3-2-4-9-19)17-25-14-12-20-10-11-21(27)22-23(20)30-24(28)26-22/h2-4,8-11,18,25,27H,5-7,12-17H2,1H3,(H,26,28)/t18-/m1/s1. The topological polar surface area (TPSA) is 74.3 Å². The van der Waals surface area contributed by atoms with E-state index < -0.39 is 0 Å². The van der Waals surface area contributed by atoms with Gasteiger partial charge in [0.05, 0.1) is 11.3 Å². The summed E-state index contributed by atoms with van der Waals surface area (Å²) in [5.74, 6) is 0.759. The second-order valence-electron chi connectivity index (χ2n) is 7.87. The van der Waals surface area contributed by atoms with Gasteiger partial charge < -0.3 is 20.1 Å². The number of nitrogens with one attached hydrogen (secondary N) is 2. The molecule has 6 heteroatoms. The second-order valence-corrected chi connectivity index (χ2v) is 8.85. The van der Waals surface area contributed by atoms with Crippen LogP contribution in [-0.2, 0) is 17.6 Å². The fourth-order valence-corrected chi connectivity index (χ4v) is 4.47. The van der Waals surface area contributed by atoms with Gasteiger partial charge in [-0.25, -0.2) is 0 Å². The molecule has 5 nitrogen and oxygen atoms in total. The number of aromatic nitrogens is 1. The summed E-state index contributed by atoms with van der Waals surface area (Å²) in [6.07, 6.45) is 5.31. The number of rotatable bonds is 13. The highest BCUT2D eigenvalue weighted by Crippen LogP contribution is 2.27. The van der Waals surface area contributed by atoms with Gasteiger partial charge >= 0.3 is 4.87 Å². The van der Waals surface area contributed by atoms with Crippen LogP contribution in [0.3, 0.4) is 0 Å². The van der Waals surface area contributed by atoms with Crippen LogP contribution in [0.25, 0.3) is 10.2 Å². The lowest BCUT2D eigenvalue weighted by Crippen LogP contribution is -2.23. The third kappa shape index (κ3) is 6.97. The Morgan fingerprint density at radius 1 is 1.10 bits per heavy atom. The summed E-state index contributed by atoms with van der Waals surface area (Å²) < 4.78 is 6.62. The summed E-state index contributed by atoms with van der Waals surface area (Å²) in [4.78, 5) is 14.2. The molecule has 30 heavy (non-hydrogen) atoms. The molecule has 3 N–H and O–H groups in total. The number of hydrogen-bond donors (Lipinski definition) is 3. The number of H-pyrrole nitrogens is 1. The number of benzene rings is 2. The van der Waals surface area contributed by atoms with E-state index in [0.29, 0.717) is 11.4 Å². The third-order valence-electron chi connectivity index (χ3n) is 5.32. The van der Waals surface area contributed by atoms with E-state index in [-0.39, 0.29) is 10.6 Å². The summed E-state index contributed by atoms with van der Waals surface area (Å²) in [5, 5.41) is 13.4. The van der Waals surface area contributed by atoms with Gasteiger partial charge in [-0.1, -0.05) is 61.1 Å². The molecule has 0 fully saturated rings. The first-order valence-corrected chi connectivity index (χ1v) is 11.6. The van der Waals surface area contributed by atoms with Crippen LogP contribution in [0.2, 0.25) is 0 Å². The van der Waals surface area contributed by atoms with Gasteiger partial charge in [-0.15, -0.1) is 0 Å². The van der Waals surface area contributed by atoms with Crippen LogP contribution in [0.5, 0.6) is 5.75 Å². The summed E-state index contributed by atoms with van der Waals surface area (Å²) in [6, 6.07) is 14.0. The van der Waals surface area contributed by atoms with E-state index >= 15 is 0 Å². The normalized spacial score (nSPS) is 12.4. The average molecular weight is 429 g/mol. The fraction of sp³-hybridized carbons (Fsp3) is 0.458. The predicted molar refractivity (Wildman–Crippen MR) is 125 cm³/mol. The van der Waals surface area contributed by atoms with Crippen LogP contribution in [-0.4, -0.2) is 36.4 Å². The highest BCUT2D eigenvalue weighted by Gasteiger charge is 2.09. The maximum absolute atomic E-state index is 11.6. The van der Waals surface area contributed by atoms with Gasteiger partial charge in [0, 0.05) is 6.61 Å². The van der Waals surface area contributed by atoms with Gasteiger partial charge in [-0.2, -0.15) is 0 Å². The van der Waals surface area contributed by atoms with Gasteiger partial charge in [-0.3, -0.25) is 4.79 Å². The molecule has 1 heterocycles. The summed E-state index contributed by atoms with van der Waals surface area (Å²) in [7, 11) is 0. The molecule has 0 aliphatic rings. The monoisotopic (exact) mass is 428 g/mol. The molecule has 2 aromatic carbocycles. The first kappa shape index (κ1) is 22.5. The first-order chi connectivity index (χ1) is 14.6. The van der Waals surface area contributed by atoms with Crippen LogP contribution in [0.4, 0.5) is 0 Å². The number of ether oxygens (including phenoxy) is 1. The Hall–Kier alpha value is -2.15. The van der Waals surface area contributed by atoms with E-state index in [1.54, 1.807) is 6.07 Å². The molecule has 0 unspecified atom stereocenters.